The largest absolute Gasteiger partial charge is 1.00 e. The minimum atomic E-state index is -0.385. The Morgan fingerprint density at radius 2 is 1.38 bits per heavy atom. The Balaban J connectivity index is 0.00000288. The van der Waals surface area contributed by atoms with Gasteiger partial charge in [-0.1, -0.05) is 67.6 Å². The van der Waals surface area contributed by atoms with Gasteiger partial charge >= 0.3 is 0 Å². The van der Waals surface area contributed by atoms with Crippen LogP contribution in [0.1, 0.15) is 37.3 Å². The summed E-state index contributed by atoms with van der Waals surface area (Å²) in [4.78, 5) is 1.45. The number of nitrogens with one attached hydrogen (secondary N) is 1. The van der Waals surface area contributed by atoms with Crippen LogP contribution in [0, 0.1) is 0 Å². The van der Waals surface area contributed by atoms with Crippen LogP contribution in [-0.4, -0.2) is 31.9 Å². The Morgan fingerprint density at radius 1 is 0.917 bits per heavy atom. The van der Waals surface area contributed by atoms with Gasteiger partial charge in [0.05, 0.1) is 26.7 Å². The third-order valence-electron chi connectivity index (χ3n) is 4.78. The molecule has 3 heteroatoms. The van der Waals surface area contributed by atoms with Crippen molar-refractivity contribution >= 4 is 0 Å². The van der Waals surface area contributed by atoms with Crippen molar-refractivity contribution in [3.8, 4) is 0 Å². The fourth-order valence-corrected chi connectivity index (χ4v) is 3.55. The van der Waals surface area contributed by atoms with Gasteiger partial charge in [-0.25, -0.2) is 0 Å². The topological polar surface area (TPSA) is 24.7 Å². The van der Waals surface area contributed by atoms with Crippen LogP contribution in [0.2, 0.25) is 0 Å². The lowest BCUT2D eigenvalue weighted by atomic mass is 9.66. The summed E-state index contributed by atoms with van der Waals surface area (Å²) in [5.41, 5.74) is 2.11. The van der Waals surface area contributed by atoms with Crippen LogP contribution in [0.3, 0.4) is 0 Å². The Hall–Kier alpha value is -1.35. The second kappa shape index (κ2) is 9.83. The van der Waals surface area contributed by atoms with Crippen molar-refractivity contribution in [2.24, 2.45) is 0 Å². The number of hydrogen-bond donors (Lipinski definition) is 2. The van der Waals surface area contributed by atoms with Crippen LogP contribution in [0.25, 0.3) is 0 Å². The van der Waals surface area contributed by atoms with Gasteiger partial charge in [0, 0.05) is 5.41 Å². The molecule has 0 aliphatic carbocycles. The van der Waals surface area contributed by atoms with E-state index >= 15 is 0 Å². The molecule has 0 fully saturated rings. The average molecular weight is 348 g/mol. The maximum Gasteiger partial charge on any atom is 0.0767 e. The molecular weight excluding hydrogens is 318 g/mol. The molecule has 2 rings (SSSR count). The summed E-state index contributed by atoms with van der Waals surface area (Å²) in [5, 5.41) is 11.0. The van der Waals surface area contributed by atoms with E-state index in [0.29, 0.717) is 0 Å². The van der Waals surface area contributed by atoms with E-state index in [1.54, 1.807) is 0 Å². The van der Waals surface area contributed by atoms with Crippen molar-refractivity contribution in [2.75, 3.05) is 20.6 Å². The van der Waals surface area contributed by atoms with Gasteiger partial charge in [-0.15, -0.1) is 0 Å². The van der Waals surface area contributed by atoms with E-state index in [4.69, 9.17) is 0 Å². The molecule has 0 amide bonds. The summed E-state index contributed by atoms with van der Waals surface area (Å²) < 4.78 is 0. The number of quaternary nitrogens is 1. The lowest BCUT2D eigenvalue weighted by Gasteiger charge is -2.39. The Kier molecular flexibility index (Phi) is 8.47. The van der Waals surface area contributed by atoms with Gasteiger partial charge in [0.2, 0.25) is 0 Å². The molecule has 0 aliphatic rings. The summed E-state index contributed by atoms with van der Waals surface area (Å²) in [6.07, 6.45) is 2.41. The van der Waals surface area contributed by atoms with E-state index in [1.807, 2.05) is 12.1 Å². The lowest BCUT2D eigenvalue weighted by Crippen LogP contribution is -3.05. The summed E-state index contributed by atoms with van der Waals surface area (Å²) in [7, 11) is 4.37. The van der Waals surface area contributed by atoms with Crippen LogP contribution in [0.4, 0.5) is 0 Å². The molecule has 0 saturated carbocycles. The molecule has 2 nitrogen and oxygen atoms in total. The second-order valence-electron chi connectivity index (χ2n) is 6.69. The number of rotatable bonds is 8. The first kappa shape index (κ1) is 20.7. The third kappa shape index (κ3) is 4.60. The molecule has 1 unspecified atom stereocenters. The molecule has 1 atom stereocenters. The molecule has 2 N–H and O–H groups in total. The highest BCUT2D eigenvalue weighted by atomic mass is 35.5. The third-order valence-corrected chi connectivity index (χ3v) is 4.78. The van der Waals surface area contributed by atoms with Gasteiger partial charge in [0.15, 0.2) is 0 Å². The minimum absolute atomic E-state index is 0. The molecular formula is C21H30ClNO. The van der Waals surface area contributed by atoms with Crippen LogP contribution < -0.4 is 17.3 Å². The van der Waals surface area contributed by atoms with Gasteiger partial charge in [-0.2, -0.15) is 0 Å². The molecule has 2 aromatic carbocycles. The number of aliphatic hydroxyl groups excluding tert-OH is 1. The SMILES string of the molecule is CCC(O)C(CCC[NH+](C)C)(c1ccccc1)c1ccccc1.[Cl-]. The van der Waals surface area contributed by atoms with Gasteiger partial charge in [-0.05, 0) is 30.4 Å². The van der Waals surface area contributed by atoms with Crippen molar-refractivity contribution < 1.29 is 22.4 Å². The smallest absolute Gasteiger partial charge is 0.0767 e. The number of aliphatic hydroxyl groups is 1. The molecule has 0 spiro atoms. The first-order valence-corrected chi connectivity index (χ1v) is 8.69. The molecule has 2 aromatic rings. The van der Waals surface area contributed by atoms with Gasteiger partial charge in [-0.3, -0.25) is 0 Å². The molecule has 0 radical (unpaired) electrons. The van der Waals surface area contributed by atoms with E-state index < -0.39 is 0 Å². The first-order valence-electron chi connectivity index (χ1n) is 8.69. The highest BCUT2D eigenvalue weighted by Crippen LogP contribution is 2.41. The standard InChI is InChI=1S/C21H29NO.ClH/c1-4-20(23)21(16-11-17-22(2)3,18-12-7-5-8-13-18)19-14-9-6-10-15-19;/h5-10,12-15,20,23H,4,11,16-17H2,1-3H3;1H. The number of benzene rings is 2. The van der Waals surface area contributed by atoms with Crippen molar-refractivity contribution in [3.05, 3.63) is 71.8 Å². The van der Waals surface area contributed by atoms with Crippen LogP contribution in [0.5, 0.6) is 0 Å². The molecule has 0 aliphatic heterocycles. The highest BCUT2D eigenvalue weighted by molar-refractivity contribution is 5.41. The fourth-order valence-electron chi connectivity index (χ4n) is 3.55. The van der Waals surface area contributed by atoms with E-state index in [2.05, 4.69) is 69.6 Å². The Labute approximate surface area is 152 Å². The maximum absolute atomic E-state index is 11.0. The van der Waals surface area contributed by atoms with Gasteiger partial charge in [0.1, 0.15) is 0 Å². The summed E-state index contributed by atoms with van der Waals surface area (Å²) >= 11 is 0. The summed E-state index contributed by atoms with van der Waals surface area (Å²) in [6.45, 7) is 3.18. The van der Waals surface area contributed by atoms with E-state index in [9.17, 15) is 5.11 Å². The average Bonchev–Trinajstić information content (AvgIpc) is 2.59. The van der Waals surface area contributed by atoms with Gasteiger partial charge < -0.3 is 22.4 Å². The van der Waals surface area contributed by atoms with Crippen molar-refractivity contribution in [3.63, 3.8) is 0 Å². The monoisotopic (exact) mass is 347 g/mol. The zero-order chi connectivity index (χ0) is 16.7. The molecule has 0 bridgehead atoms. The Morgan fingerprint density at radius 3 is 1.75 bits per heavy atom. The van der Waals surface area contributed by atoms with E-state index in [-0.39, 0.29) is 23.9 Å². The zero-order valence-electron chi connectivity index (χ0n) is 15.0. The second-order valence-corrected chi connectivity index (χ2v) is 6.69. The lowest BCUT2D eigenvalue weighted by molar-refractivity contribution is -0.858. The zero-order valence-corrected chi connectivity index (χ0v) is 15.8. The van der Waals surface area contributed by atoms with Crippen molar-refractivity contribution in [2.45, 2.75) is 37.7 Å². The number of hydrogen-bond acceptors (Lipinski definition) is 1. The first-order chi connectivity index (χ1) is 11.1. The highest BCUT2D eigenvalue weighted by Gasteiger charge is 2.40. The molecule has 0 saturated heterocycles. The summed E-state index contributed by atoms with van der Waals surface area (Å²) in [6, 6.07) is 21.0. The van der Waals surface area contributed by atoms with E-state index in [0.717, 1.165) is 25.8 Å². The van der Waals surface area contributed by atoms with Gasteiger partial charge in [0.25, 0.3) is 0 Å². The maximum atomic E-state index is 11.0. The number of halogens is 1. The molecule has 24 heavy (non-hydrogen) atoms. The van der Waals surface area contributed by atoms with Crippen LogP contribution >= 0.6 is 0 Å². The van der Waals surface area contributed by atoms with Crippen LogP contribution in [-0.2, 0) is 5.41 Å². The normalized spacial score (nSPS) is 12.7. The van der Waals surface area contributed by atoms with Crippen molar-refractivity contribution in [1.82, 2.24) is 0 Å². The Bertz CT molecular complexity index is 531. The predicted octanol–water partition coefficient (Wildman–Crippen LogP) is -0.328. The van der Waals surface area contributed by atoms with E-state index in [1.165, 1.54) is 16.0 Å². The quantitative estimate of drug-likeness (QED) is 0.672. The minimum Gasteiger partial charge on any atom is -1.00 e. The molecule has 0 aromatic heterocycles. The fraction of sp³-hybridized carbons (Fsp3) is 0.429. The van der Waals surface area contributed by atoms with Crippen LogP contribution in [0.15, 0.2) is 60.7 Å². The van der Waals surface area contributed by atoms with Crippen molar-refractivity contribution in [1.29, 1.82) is 0 Å². The summed E-state index contributed by atoms with van der Waals surface area (Å²) in [5.74, 6) is 0. The molecule has 132 valence electrons. The predicted molar refractivity (Wildman–Crippen MR) is 96.9 cm³/mol. The molecule has 0 heterocycles.